The maximum absolute atomic E-state index is 2.30. The van der Waals surface area contributed by atoms with Gasteiger partial charge in [-0.15, -0.1) is 0 Å². The van der Waals surface area contributed by atoms with Crippen LogP contribution in [-0.4, -0.2) is 9.52 Å². The van der Waals surface area contributed by atoms with E-state index in [1.165, 1.54) is 24.1 Å². The molecular formula is C14H18Si. The summed E-state index contributed by atoms with van der Waals surface area (Å²) in [4.78, 5) is 0. The average Bonchev–Trinajstić information content (AvgIpc) is 2.29. The van der Waals surface area contributed by atoms with Crippen LogP contribution in [0.15, 0.2) is 54.6 Å². The molecule has 0 amide bonds. The smallest absolute Gasteiger partial charge is 0.0849 e. The van der Waals surface area contributed by atoms with Crippen molar-refractivity contribution in [2.45, 2.75) is 25.8 Å². The number of benzene rings is 1. The van der Waals surface area contributed by atoms with E-state index in [2.05, 4.69) is 61.6 Å². The quantitative estimate of drug-likeness (QED) is 0.387. The highest BCUT2D eigenvalue weighted by atomic mass is 28.2. The molecule has 0 aliphatic carbocycles. The van der Waals surface area contributed by atoms with Crippen molar-refractivity contribution in [1.82, 2.24) is 0 Å². The largest absolute Gasteiger partial charge is 0.0917 e. The number of hydrogen-bond acceptors (Lipinski definition) is 0. The van der Waals surface area contributed by atoms with Crippen LogP contribution in [0.3, 0.4) is 0 Å². The zero-order chi connectivity index (χ0) is 10.8. The van der Waals surface area contributed by atoms with E-state index >= 15 is 0 Å². The van der Waals surface area contributed by atoms with Gasteiger partial charge in [0.1, 0.15) is 0 Å². The van der Waals surface area contributed by atoms with E-state index in [9.17, 15) is 0 Å². The highest BCUT2D eigenvalue weighted by Gasteiger charge is 1.89. The van der Waals surface area contributed by atoms with Crippen LogP contribution < -0.4 is 5.19 Å². The van der Waals surface area contributed by atoms with E-state index in [-0.39, 0.29) is 0 Å². The van der Waals surface area contributed by atoms with Crippen LogP contribution in [0, 0.1) is 0 Å². The third-order valence-electron chi connectivity index (χ3n) is 2.10. The number of rotatable bonds is 6. The fraction of sp³-hybridized carbons (Fsp3) is 0.286. The highest BCUT2D eigenvalue weighted by molar-refractivity contribution is 6.53. The topological polar surface area (TPSA) is 0 Å². The van der Waals surface area contributed by atoms with Crippen molar-refractivity contribution >= 4 is 14.7 Å². The molecule has 2 radical (unpaired) electrons. The number of hydrogen-bond donors (Lipinski definition) is 0. The van der Waals surface area contributed by atoms with E-state index in [1.54, 1.807) is 0 Å². The highest BCUT2D eigenvalue weighted by Crippen LogP contribution is 1.94. The molecule has 15 heavy (non-hydrogen) atoms. The summed E-state index contributed by atoms with van der Waals surface area (Å²) in [5.41, 5.74) is 0. The molecule has 0 aliphatic heterocycles. The molecule has 0 nitrogen and oxygen atoms in total. The third-order valence-corrected chi connectivity index (χ3v) is 3.28. The van der Waals surface area contributed by atoms with Gasteiger partial charge < -0.3 is 0 Å². The Labute approximate surface area is 95.5 Å². The second-order valence-electron chi connectivity index (χ2n) is 3.36. The Bertz CT molecular complexity index is 298. The van der Waals surface area contributed by atoms with Gasteiger partial charge in [0.25, 0.3) is 0 Å². The number of allylic oxidation sites excluding steroid dienone is 4. The number of unbranched alkanes of at least 4 members (excludes halogenated alkanes) is 1. The summed E-state index contributed by atoms with van der Waals surface area (Å²) in [5.74, 6) is 0. The van der Waals surface area contributed by atoms with E-state index < -0.39 is 0 Å². The molecule has 0 unspecified atom stereocenters. The van der Waals surface area contributed by atoms with Crippen molar-refractivity contribution in [1.29, 1.82) is 0 Å². The summed E-state index contributed by atoms with van der Waals surface area (Å²) >= 11 is 0. The lowest BCUT2D eigenvalue weighted by molar-refractivity contribution is 1.05. The minimum atomic E-state index is 0.912. The first-order valence-corrected chi connectivity index (χ1v) is 6.69. The van der Waals surface area contributed by atoms with Gasteiger partial charge >= 0.3 is 0 Å². The summed E-state index contributed by atoms with van der Waals surface area (Å²) in [5, 5.41) is 1.45. The maximum atomic E-state index is 2.30. The minimum Gasteiger partial charge on any atom is -0.0917 e. The van der Waals surface area contributed by atoms with Gasteiger partial charge in [-0.3, -0.25) is 0 Å². The van der Waals surface area contributed by atoms with Crippen molar-refractivity contribution in [3.63, 3.8) is 0 Å². The molecule has 0 saturated heterocycles. The van der Waals surface area contributed by atoms with Gasteiger partial charge in [0.2, 0.25) is 0 Å². The van der Waals surface area contributed by atoms with Gasteiger partial charge in [0.15, 0.2) is 0 Å². The van der Waals surface area contributed by atoms with Crippen LogP contribution in [0.5, 0.6) is 0 Å². The first-order valence-electron chi connectivity index (χ1n) is 5.48. The van der Waals surface area contributed by atoms with Crippen LogP contribution >= 0.6 is 0 Å². The lowest BCUT2D eigenvalue weighted by atomic mass is 10.3. The standard InChI is InChI=1S/C14H18Si/c1-2-3-4-5-6-10-13-15-14-11-8-7-9-12-14/h2-3,6-12H,4-5,13H2,1H3. The second kappa shape index (κ2) is 8.24. The van der Waals surface area contributed by atoms with E-state index in [0.29, 0.717) is 0 Å². The second-order valence-corrected chi connectivity index (χ2v) is 4.70. The maximum Gasteiger partial charge on any atom is 0.0849 e. The first-order chi connectivity index (χ1) is 7.43. The minimum absolute atomic E-state index is 0.912. The van der Waals surface area contributed by atoms with Crippen LogP contribution in [0.25, 0.3) is 0 Å². The van der Waals surface area contributed by atoms with Crippen molar-refractivity contribution in [2.24, 2.45) is 0 Å². The molecule has 0 heterocycles. The molecule has 0 spiro atoms. The molecule has 0 aromatic heterocycles. The average molecular weight is 214 g/mol. The van der Waals surface area contributed by atoms with Crippen molar-refractivity contribution < 1.29 is 0 Å². The Morgan fingerprint density at radius 1 is 1.00 bits per heavy atom. The molecule has 0 atom stereocenters. The molecule has 0 fully saturated rings. The van der Waals surface area contributed by atoms with Crippen molar-refractivity contribution in [2.75, 3.05) is 0 Å². The van der Waals surface area contributed by atoms with Crippen LogP contribution in [0.1, 0.15) is 19.8 Å². The summed E-state index contributed by atoms with van der Waals surface area (Å²) in [7, 11) is 0.912. The lowest BCUT2D eigenvalue weighted by Crippen LogP contribution is -2.11. The van der Waals surface area contributed by atoms with Crippen LogP contribution in [0.4, 0.5) is 0 Å². The molecule has 78 valence electrons. The van der Waals surface area contributed by atoms with E-state index in [0.717, 1.165) is 9.52 Å². The predicted octanol–water partition coefficient (Wildman–Crippen LogP) is 3.35. The van der Waals surface area contributed by atoms with Gasteiger partial charge in [-0.2, -0.15) is 0 Å². The van der Waals surface area contributed by atoms with Gasteiger partial charge in [0, 0.05) is 0 Å². The molecule has 1 heteroatoms. The third kappa shape index (κ3) is 6.08. The van der Waals surface area contributed by atoms with E-state index in [4.69, 9.17) is 0 Å². The Balaban J connectivity index is 2.11. The summed E-state index contributed by atoms with van der Waals surface area (Å²) < 4.78 is 0. The van der Waals surface area contributed by atoms with Crippen molar-refractivity contribution in [3.05, 3.63) is 54.6 Å². The van der Waals surface area contributed by atoms with Crippen molar-refractivity contribution in [3.8, 4) is 0 Å². The van der Waals surface area contributed by atoms with E-state index in [1.807, 2.05) is 0 Å². The molecule has 0 saturated carbocycles. The zero-order valence-corrected chi connectivity index (χ0v) is 10.3. The molecule has 1 aromatic carbocycles. The Hall–Kier alpha value is -1.08. The Kier molecular flexibility index (Phi) is 6.59. The van der Waals surface area contributed by atoms with Gasteiger partial charge in [-0.05, 0) is 25.8 Å². The fourth-order valence-electron chi connectivity index (χ4n) is 1.29. The van der Waals surface area contributed by atoms with Crippen LogP contribution in [-0.2, 0) is 0 Å². The Morgan fingerprint density at radius 3 is 2.47 bits per heavy atom. The molecule has 0 aliphatic rings. The predicted molar refractivity (Wildman–Crippen MR) is 69.8 cm³/mol. The summed E-state index contributed by atoms with van der Waals surface area (Å²) in [6, 6.07) is 11.9. The van der Waals surface area contributed by atoms with Gasteiger partial charge in [-0.1, -0.05) is 59.8 Å². The zero-order valence-electron chi connectivity index (χ0n) is 9.32. The van der Waals surface area contributed by atoms with Crippen LogP contribution in [0.2, 0.25) is 6.04 Å². The van der Waals surface area contributed by atoms with Gasteiger partial charge in [-0.25, -0.2) is 0 Å². The summed E-state index contributed by atoms with van der Waals surface area (Å²) in [6.07, 6.45) is 11.2. The summed E-state index contributed by atoms with van der Waals surface area (Å²) in [6.45, 7) is 2.07. The normalized spacial score (nSPS) is 11.5. The monoisotopic (exact) mass is 214 g/mol. The molecule has 0 N–H and O–H groups in total. The molecule has 0 bridgehead atoms. The fourth-order valence-corrected chi connectivity index (χ4v) is 2.24. The Morgan fingerprint density at radius 2 is 1.73 bits per heavy atom. The van der Waals surface area contributed by atoms with Gasteiger partial charge in [0.05, 0.1) is 9.52 Å². The first kappa shape index (κ1) is 12.0. The molecular weight excluding hydrogens is 196 g/mol. The molecule has 1 rings (SSSR count). The molecule has 1 aromatic rings. The lowest BCUT2D eigenvalue weighted by Gasteiger charge is -1.94. The SMILES string of the molecule is CC=CCCC=CC[Si]c1ccccc1.